The molecule has 0 saturated carbocycles. The number of nitrogens with zero attached hydrogens (tertiary/aromatic N) is 1. The Balaban J connectivity index is 2.20. The average Bonchev–Trinajstić information content (AvgIpc) is 2.51. The highest BCUT2D eigenvalue weighted by Gasteiger charge is 2.44. The van der Waals surface area contributed by atoms with E-state index in [4.69, 9.17) is 4.74 Å². The average molecular weight is 329 g/mol. The largest absolute Gasteiger partial charge is 0.494 e. The molecule has 1 unspecified atom stereocenters. The highest BCUT2D eigenvalue weighted by Crippen LogP contribution is 2.30. The number of alkyl halides is 3. The van der Waals surface area contributed by atoms with Crippen molar-refractivity contribution in [2.24, 2.45) is 0 Å². The lowest BCUT2D eigenvalue weighted by molar-refractivity contribution is -0.188. The van der Waals surface area contributed by atoms with Crippen molar-refractivity contribution in [3.63, 3.8) is 0 Å². The van der Waals surface area contributed by atoms with E-state index in [-0.39, 0.29) is 6.54 Å². The zero-order chi connectivity index (χ0) is 17.0. The summed E-state index contributed by atoms with van der Waals surface area (Å²) in [7, 11) is 0. The third kappa shape index (κ3) is 4.18. The van der Waals surface area contributed by atoms with Crippen molar-refractivity contribution in [2.45, 2.75) is 51.7 Å². The van der Waals surface area contributed by atoms with E-state index in [0.29, 0.717) is 32.3 Å². The number of ether oxygens (including phenoxy) is 1. The summed E-state index contributed by atoms with van der Waals surface area (Å²) in [5.74, 6) is -1.01. The molecule has 6 heteroatoms. The molecule has 23 heavy (non-hydrogen) atoms. The summed E-state index contributed by atoms with van der Waals surface area (Å²) < 4.78 is 43.9. The molecule has 1 aliphatic carbocycles. The van der Waals surface area contributed by atoms with Gasteiger partial charge >= 0.3 is 12.1 Å². The molecule has 0 bridgehead atoms. The predicted octanol–water partition coefficient (Wildman–Crippen LogP) is 3.74. The first-order valence-electron chi connectivity index (χ1n) is 7.99. The fourth-order valence-corrected chi connectivity index (χ4v) is 3.09. The van der Waals surface area contributed by atoms with Crippen LogP contribution in [0.3, 0.4) is 0 Å². The Morgan fingerprint density at radius 3 is 2.65 bits per heavy atom. The maximum absolute atomic E-state index is 12.8. The summed E-state index contributed by atoms with van der Waals surface area (Å²) in [5.41, 5.74) is 2.10. The maximum atomic E-state index is 12.8. The van der Waals surface area contributed by atoms with E-state index in [1.807, 2.05) is 25.1 Å². The van der Waals surface area contributed by atoms with Gasteiger partial charge in [-0.15, -0.1) is 0 Å². The maximum Gasteiger partial charge on any atom is 0.471 e. The van der Waals surface area contributed by atoms with Crippen molar-refractivity contribution in [2.75, 3.05) is 13.2 Å². The molecular formula is C17H22F3NO2. The molecule has 0 radical (unpaired) electrons. The van der Waals surface area contributed by atoms with Gasteiger partial charge in [-0.1, -0.05) is 13.0 Å². The Labute approximate surface area is 134 Å². The van der Waals surface area contributed by atoms with Gasteiger partial charge in [0, 0.05) is 12.6 Å². The Bertz CT molecular complexity index is 557. The van der Waals surface area contributed by atoms with Gasteiger partial charge < -0.3 is 9.64 Å². The van der Waals surface area contributed by atoms with Crippen LogP contribution in [0.5, 0.6) is 5.75 Å². The van der Waals surface area contributed by atoms with Crippen LogP contribution in [-0.4, -0.2) is 36.2 Å². The van der Waals surface area contributed by atoms with Crippen LogP contribution < -0.4 is 4.74 Å². The second-order valence-corrected chi connectivity index (χ2v) is 5.76. The molecule has 1 aromatic rings. The fourth-order valence-electron chi connectivity index (χ4n) is 3.09. The monoisotopic (exact) mass is 329 g/mol. The third-order valence-electron chi connectivity index (χ3n) is 4.10. The number of fused-ring (bicyclic) bond motifs is 1. The van der Waals surface area contributed by atoms with E-state index < -0.39 is 18.1 Å². The lowest BCUT2D eigenvalue weighted by Crippen LogP contribution is -2.49. The van der Waals surface area contributed by atoms with Crippen LogP contribution >= 0.6 is 0 Å². The van der Waals surface area contributed by atoms with Crippen LogP contribution in [0.2, 0.25) is 0 Å². The summed E-state index contributed by atoms with van der Waals surface area (Å²) in [6, 6.07) is 5.32. The second-order valence-electron chi connectivity index (χ2n) is 5.76. The van der Waals surface area contributed by atoms with Crippen molar-refractivity contribution < 1.29 is 22.7 Å². The Morgan fingerprint density at radius 1 is 1.30 bits per heavy atom. The zero-order valence-corrected chi connectivity index (χ0v) is 13.4. The minimum absolute atomic E-state index is 0.128. The molecule has 1 amide bonds. The van der Waals surface area contributed by atoms with Crippen molar-refractivity contribution >= 4 is 5.91 Å². The molecule has 0 N–H and O–H groups in total. The number of amides is 1. The van der Waals surface area contributed by atoms with Gasteiger partial charge in [0.1, 0.15) is 5.75 Å². The van der Waals surface area contributed by atoms with Crippen molar-refractivity contribution in [3.05, 3.63) is 29.3 Å². The molecule has 0 aromatic heterocycles. The van der Waals surface area contributed by atoms with Crippen LogP contribution in [0.15, 0.2) is 18.2 Å². The van der Waals surface area contributed by atoms with Crippen LogP contribution in [-0.2, 0) is 17.6 Å². The van der Waals surface area contributed by atoms with Crippen LogP contribution in [0.4, 0.5) is 13.2 Å². The molecule has 0 fully saturated rings. The first-order chi connectivity index (χ1) is 10.9. The first-order valence-corrected chi connectivity index (χ1v) is 7.99. The molecule has 0 heterocycles. The highest BCUT2D eigenvalue weighted by atomic mass is 19.4. The molecular weight excluding hydrogens is 307 g/mol. The van der Waals surface area contributed by atoms with Gasteiger partial charge in [0.15, 0.2) is 0 Å². The summed E-state index contributed by atoms with van der Waals surface area (Å²) in [5, 5.41) is 0. The van der Waals surface area contributed by atoms with E-state index >= 15 is 0 Å². The molecule has 1 atom stereocenters. The van der Waals surface area contributed by atoms with Crippen molar-refractivity contribution in [3.8, 4) is 5.75 Å². The number of carbonyl (C=O) groups excluding carboxylic acids is 1. The molecule has 1 aromatic carbocycles. The number of hydrogen-bond acceptors (Lipinski definition) is 2. The molecule has 0 aliphatic heterocycles. The molecule has 1 aliphatic rings. The van der Waals surface area contributed by atoms with E-state index in [1.54, 1.807) is 6.92 Å². The highest BCUT2D eigenvalue weighted by molar-refractivity contribution is 5.82. The number of halogens is 3. The number of hydrogen-bond donors (Lipinski definition) is 0. The first kappa shape index (κ1) is 17.6. The van der Waals surface area contributed by atoms with Crippen LogP contribution in [0.25, 0.3) is 0 Å². The standard InChI is InChI=1S/C17H22F3NO2/c1-3-9-21(16(22)17(18,19)20)14-7-5-12-6-8-15(23-4-2)11-13(12)10-14/h6,8,11,14H,3-5,7,9-10H2,1-2H3. The van der Waals surface area contributed by atoms with Gasteiger partial charge in [-0.05, 0) is 55.9 Å². The number of benzene rings is 1. The SMILES string of the molecule is CCCN(C(=O)C(F)(F)F)C1CCc2ccc(OCC)cc2C1. The van der Waals surface area contributed by atoms with Crippen LogP contribution in [0, 0.1) is 0 Å². The normalized spacial score (nSPS) is 17.5. The summed E-state index contributed by atoms with van der Waals surface area (Å²) in [4.78, 5) is 12.7. The van der Waals surface area contributed by atoms with Crippen molar-refractivity contribution in [1.29, 1.82) is 0 Å². The Morgan fingerprint density at radius 2 is 2.04 bits per heavy atom. The number of carbonyl (C=O) groups is 1. The third-order valence-corrected chi connectivity index (χ3v) is 4.10. The quantitative estimate of drug-likeness (QED) is 0.823. The Hall–Kier alpha value is -1.72. The lowest BCUT2D eigenvalue weighted by Gasteiger charge is -2.35. The molecule has 0 spiro atoms. The fraction of sp³-hybridized carbons (Fsp3) is 0.588. The van der Waals surface area contributed by atoms with Gasteiger partial charge in [0.25, 0.3) is 0 Å². The summed E-state index contributed by atoms with van der Waals surface area (Å²) in [6.45, 7) is 4.33. The van der Waals surface area contributed by atoms with E-state index in [9.17, 15) is 18.0 Å². The topological polar surface area (TPSA) is 29.5 Å². The summed E-state index contributed by atoms with van der Waals surface area (Å²) >= 11 is 0. The van der Waals surface area contributed by atoms with E-state index in [0.717, 1.165) is 21.8 Å². The van der Waals surface area contributed by atoms with Gasteiger partial charge in [-0.2, -0.15) is 13.2 Å². The molecule has 2 rings (SSSR count). The van der Waals surface area contributed by atoms with Gasteiger partial charge in [0.2, 0.25) is 0 Å². The zero-order valence-electron chi connectivity index (χ0n) is 13.4. The van der Waals surface area contributed by atoms with Crippen molar-refractivity contribution in [1.82, 2.24) is 4.90 Å². The second kappa shape index (κ2) is 7.23. The van der Waals surface area contributed by atoms with Gasteiger partial charge in [-0.3, -0.25) is 4.79 Å². The molecule has 0 saturated heterocycles. The number of aryl methyl sites for hydroxylation is 1. The van der Waals surface area contributed by atoms with Gasteiger partial charge in [0.05, 0.1) is 6.61 Å². The lowest BCUT2D eigenvalue weighted by atomic mass is 9.87. The molecule has 3 nitrogen and oxygen atoms in total. The van der Waals surface area contributed by atoms with Gasteiger partial charge in [-0.25, -0.2) is 0 Å². The minimum Gasteiger partial charge on any atom is -0.494 e. The predicted molar refractivity (Wildman–Crippen MR) is 81.5 cm³/mol. The smallest absolute Gasteiger partial charge is 0.471 e. The number of rotatable bonds is 5. The minimum atomic E-state index is -4.82. The van der Waals surface area contributed by atoms with Crippen LogP contribution in [0.1, 0.15) is 37.8 Å². The van der Waals surface area contributed by atoms with E-state index in [2.05, 4.69) is 0 Å². The summed E-state index contributed by atoms with van der Waals surface area (Å²) in [6.07, 6.45) is -2.63. The Kier molecular flexibility index (Phi) is 5.55. The molecule has 128 valence electrons. The van der Waals surface area contributed by atoms with E-state index in [1.165, 1.54) is 0 Å².